The van der Waals surface area contributed by atoms with E-state index in [0.29, 0.717) is 6.61 Å². The zero-order valence-corrected chi connectivity index (χ0v) is 6.35. The zero-order chi connectivity index (χ0) is 7.28. The molecule has 0 bridgehead atoms. The van der Waals surface area contributed by atoms with E-state index >= 15 is 0 Å². The lowest BCUT2D eigenvalue weighted by atomic mass is 10.8. The van der Waals surface area contributed by atoms with E-state index in [1.54, 1.807) is 13.8 Å². The van der Waals surface area contributed by atoms with Crippen LogP contribution >= 0.6 is 12.6 Å². The largest absolute Gasteiger partial charge is 0.509 e. The molecular formula is C5H10O3S. The van der Waals surface area contributed by atoms with Crippen LogP contribution in [0, 0.1) is 0 Å². The van der Waals surface area contributed by atoms with Crippen LogP contribution in [0.1, 0.15) is 13.8 Å². The highest BCUT2D eigenvalue weighted by Gasteiger charge is 2.03. The van der Waals surface area contributed by atoms with E-state index in [1.165, 1.54) is 0 Å². The van der Waals surface area contributed by atoms with Crippen LogP contribution in [0.25, 0.3) is 0 Å². The monoisotopic (exact) mass is 150 g/mol. The molecule has 0 radical (unpaired) electrons. The second-order valence-corrected chi connectivity index (χ2v) is 2.13. The Bertz CT molecular complexity index is 92.2. The summed E-state index contributed by atoms with van der Waals surface area (Å²) >= 11 is 3.81. The summed E-state index contributed by atoms with van der Waals surface area (Å²) in [4.78, 5) is 10.4. The van der Waals surface area contributed by atoms with Crippen LogP contribution in [0.5, 0.6) is 0 Å². The first-order chi connectivity index (χ1) is 4.16. The van der Waals surface area contributed by atoms with Gasteiger partial charge in [0, 0.05) is 0 Å². The molecule has 0 aliphatic rings. The van der Waals surface area contributed by atoms with Gasteiger partial charge < -0.3 is 9.47 Å². The number of carbonyl (C=O) groups excluding carboxylic acids is 1. The summed E-state index contributed by atoms with van der Waals surface area (Å²) in [6.45, 7) is 3.68. The molecule has 0 spiro atoms. The molecule has 0 amide bonds. The lowest BCUT2D eigenvalue weighted by Crippen LogP contribution is -2.10. The Labute approximate surface area is 59.7 Å². The molecule has 0 aliphatic heterocycles. The average Bonchev–Trinajstić information content (AvgIpc) is 1.63. The summed E-state index contributed by atoms with van der Waals surface area (Å²) in [6.07, 6.45) is -0.667. The van der Waals surface area contributed by atoms with Crippen molar-refractivity contribution in [1.82, 2.24) is 0 Å². The summed E-state index contributed by atoms with van der Waals surface area (Å²) in [5, 5.41) is 0. The van der Waals surface area contributed by atoms with Crippen molar-refractivity contribution in [2.45, 2.75) is 19.3 Å². The maximum absolute atomic E-state index is 10.4. The van der Waals surface area contributed by atoms with E-state index in [1.807, 2.05) is 0 Å². The minimum Gasteiger partial charge on any atom is -0.435 e. The molecule has 0 N–H and O–H groups in total. The molecule has 4 heteroatoms. The Morgan fingerprint density at radius 1 is 1.78 bits per heavy atom. The van der Waals surface area contributed by atoms with Crippen molar-refractivity contribution in [2.75, 3.05) is 6.61 Å². The number of rotatable bonds is 2. The Balaban J connectivity index is 3.27. The highest BCUT2D eigenvalue weighted by atomic mass is 32.1. The molecule has 9 heavy (non-hydrogen) atoms. The number of carbonyl (C=O) groups is 1. The topological polar surface area (TPSA) is 35.5 Å². The molecule has 0 rings (SSSR count). The molecule has 54 valence electrons. The van der Waals surface area contributed by atoms with Crippen molar-refractivity contribution >= 4 is 18.8 Å². The molecule has 3 nitrogen and oxygen atoms in total. The molecule has 0 aromatic heterocycles. The van der Waals surface area contributed by atoms with Gasteiger partial charge in [-0.25, -0.2) is 4.79 Å². The summed E-state index contributed by atoms with van der Waals surface area (Å²) in [5.41, 5.74) is -0.399. The van der Waals surface area contributed by atoms with E-state index in [4.69, 9.17) is 0 Å². The van der Waals surface area contributed by atoms with Gasteiger partial charge in [-0.15, -0.1) is 12.6 Å². The number of thiol groups is 1. The van der Waals surface area contributed by atoms with Gasteiger partial charge in [0.25, 0.3) is 0 Å². The van der Waals surface area contributed by atoms with E-state index < -0.39 is 11.6 Å². The van der Waals surface area contributed by atoms with Gasteiger partial charge in [0.1, 0.15) is 5.44 Å². The van der Waals surface area contributed by atoms with Crippen molar-refractivity contribution in [3.63, 3.8) is 0 Å². The minimum atomic E-state index is -0.667. The Kier molecular flexibility index (Phi) is 4.30. The molecule has 1 atom stereocenters. The van der Waals surface area contributed by atoms with Crippen molar-refractivity contribution in [3.05, 3.63) is 0 Å². The third-order valence-electron chi connectivity index (χ3n) is 0.529. The van der Waals surface area contributed by atoms with Crippen LogP contribution in [-0.2, 0) is 9.47 Å². The van der Waals surface area contributed by atoms with Gasteiger partial charge in [-0.05, 0) is 13.8 Å². The Morgan fingerprint density at radius 3 is 2.67 bits per heavy atom. The molecule has 0 aliphatic carbocycles. The van der Waals surface area contributed by atoms with Crippen LogP contribution in [0.3, 0.4) is 0 Å². The van der Waals surface area contributed by atoms with Crippen molar-refractivity contribution < 1.29 is 14.3 Å². The van der Waals surface area contributed by atoms with Crippen LogP contribution in [0.15, 0.2) is 0 Å². The number of hydrogen-bond donors (Lipinski definition) is 1. The first kappa shape index (κ1) is 8.62. The maximum Gasteiger partial charge on any atom is 0.509 e. The Morgan fingerprint density at radius 2 is 2.33 bits per heavy atom. The lowest BCUT2D eigenvalue weighted by Gasteiger charge is -2.05. The van der Waals surface area contributed by atoms with Gasteiger partial charge in [-0.2, -0.15) is 0 Å². The van der Waals surface area contributed by atoms with Gasteiger partial charge in [-0.3, -0.25) is 0 Å². The van der Waals surface area contributed by atoms with Gasteiger partial charge >= 0.3 is 6.16 Å². The summed E-state index contributed by atoms with van der Waals surface area (Å²) in [6, 6.07) is 0. The van der Waals surface area contributed by atoms with Gasteiger partial charge in [0.2, 0.25) is 0 Å². The second-order valence-electron chi connectivity index (χ2n) is 1.40. The predicted molar refractivity (Wildman–Crippen MR) is 36.6 cm³/mol. The quantitative estimate of drug-likeness (QED) is 0.367. The number of hydrogen-bond acceptors (Lipinski definition) is 4. The smallest absolute Gasteiger partial charge is 0.435 e. The molecule has 0 fully saturated rings. The zero-order valence-electron chi connectivity index (χ0n) is 5.46. The van der Waals surface area contributed by atoms with Crippen LogP contribution in [-0.4, -0.2) is 18.2 Å². The molecule has 0 heterocycles. The van der Waals surface area contributed by atoms with Gasteiger partial charge in [0.05, 0.1) is 6.61 Å². The fraction of sp³-hybridized carbons (Fsp3) is 0.800. The first-order valence-electron chi connectivity index (χ1n) is 2.68. The highest BCUT2D eigenvalue weighted by Crippen LogP contribution is 1.96. The molecule has 1 unspecified atom stereocenters. The summed E-state index contributed by atoms with van der Waals surface area (Å²) < 4.78 is 8.94. The molecule has 0 aromatic rings. The molecule has 0 aromatic carbocycles. The van der Waals surface area contributed by atoms with Crippen LogP contribution in [0.4, 0.5) is 4.79 Å². The van der Waals surface area contributed by atoms with E-state index in [-0.39, 0.29) is 0 Å². The third-order valence-corrected chi connectivity index (χ3v) is 0.634. The van der Waals surface area contributed by atoms with Gasteiger partial charge in [-0.1, -0.05) is 0 Å². The van der Waals surface area contributed by atoms with Crippen LogP contribution in [0.2, 0.25) is 0 Å². The predicted octanol–water partition coefficient (Wildman–Crippen LogP) is 1.44. The lowest BCUT2D eigenvalue weighted by molar-refractivity contribution is 0.0556. The Hall–Kier alpha value is -0.380. The van der Waals surface area contributed by atoms with Crippen LogP contribution < -0.4 is 0 Å². The maximum atomic E-state index is 10.4. The van der Waals surface area contributed by atoms with Gasteiger partial charge in [0.15, 0.2) is 0 Å². The molecular weight excluding hydrogens is 140 g/mol. The first-order valence-corrected chi connectivity index (χ1v) is 3.20. The minimum absolute atomic E-state index is 0.333. The fourth-order valence-corrected chi connectivity index (χ4v) is 0.377. The number of ether oxygens (including phenoxy) is 2. The van der Waals surface area contributed by atoms with E-state index in [0.717, 1.165) is 0 Å². The van der Waals surface area contributed by atoms with E-state index in [2.05, 4.69) is 22.1 Å². The SMILES string of the molecule is CCOC(=O)OC(C)S. The average molecular weight is 150 g/mol. The second kappa shape index (κ2) is 4.49. The summed E-state index contributed by atoms with van der Waals surface area (Å²) in [7, 11) is 0. The molecule has 0 saturated carbocycles. The third kappa shape index (κ3) is 5.49. The highest BCUT2D eigenvalue weighted by molar-refractivity contribution is 7.80. The fourth-order valence-electron chi connectivity index (χ4n) is 0.291. The van der Waals surface area contributed by atoms with E-state index in [9.17, 15) is 4.79 Å². The summed E-state index contributed by atoms with van der Waals surface area (Å²) in [5.74, 6) is 0. The van der Waals surface area contributed by atoms with Crippen molar-refractivity contribution in [1.29, 1.82) is 0 Å². The standard InChI is InChI=1S/C5H10O3S/c1-3-7-5(6)8-4(2)9/h4,9H,3H2,1-2H3. The van der Waals surface area contributed by atoms with Crippen molar-refractivity contribution in [3.8, 4) is 0 Å². The van der Waals surface area contributed by atoms with Crippen molar-refractivity contribution in [2.24, 2.45) is 0 Å². The normalized spacial score (nSPS) is 12.3. The molecule has 0 saturated heterocycles.